The van der Waals surface area contributed by atoms with Gasteiger partial charge in [0.05, 0.1) is 16.3 Å². The Morgan fingerprint density at radius 3 is 2.76 bits per heavy atom. The molecule has 0 spiro atoms. The van der Waals surface area contributed by atoms with Crippen LogP contribution in [-0.2, 0) is 6.42 Å². The minimum absolute atomic E-state index is 0.240. The summed E-state index contributed by atoms with van der Waals surface area (Å²) in [6.07, 6.45) is 1.57. The van der Waals surface area contributed by atoms with Gasteiger partial charge < -0.3 is 4.98 Å². The summed E-state index contributed by atoms with van der Waals surface area (Å²) in [4.78, 5) is 23.2. The van der Waals surface area contributed by atoms with Crippen LogP contribution in [0.15, 0.2) is 40.3 Å². The van der Waals surface area contributed by atoms with Gasteiger partial charge in [0, 0.05) is 11.8 Å². The van der Waals surface area contributed by atoms with Crippen LogP contribution in [0.2, 0.25) is 0 Å². The molecule has 2 heterocycles. The Bertz CT molecular complexity index is 938. The Labute approximate surface area is 147 Å². The molecular formula is C17H18F2N4OS. The maximum atomic E-state index is 13.6. The van der Waals surface area contributed by atoms with Gasteiger partial charge in [0.25, 0.3) is 5.56 Å². The number of aryl methyl sites for hydroxylation is 1. The number of H-pyrrole nitrogens is 1. The Hall–Kier alpha value is -2.22. The average molecular weight is 364 g/mol. The van der Waals surface area contributed by atoms with Gasteiger partial charge in [-0.05, 0) is 25.5 Å². The van der Waals surface area contributed by atoms with Crippen molar-refractivity contribution in [1.29, 1.82) is 0 Å². The summed E-state index contributed by atoms with van der Waals surface area (Å²) in [6, 6.07) is 8.26. The summed E-state index contributed by atoms with van der Waals surface area (Å²) in [5.74, 6) is 0.254. The van der Waals surface area contributed by atoms with Gasteiger partial charge in [-0.2, -0.15) is 8.78 Å². The van der Waals surface area contributed by atoms with E-state index in [1.54, 1.807) is 31.2 Å². The molecule has 0 saturated heterocycles. The first-order valence-corrected chi connectivity index (χ1v) is 8.89. The van der Waals surface area contributed by atoms with Gasteiger partial charge >= 0.3 is 6.55 Å². The number of hydrogen-bond acceptors (Lipinski definition) is 4. The largest absolute Gasteiger partial charge is 0.320 e. The monoisotopic (exact) mass is 364 g/mol. The molecule has 1 aromatic carbocycles. The Morgan fingerprint density at radius 1 is 1.28 bits per heavy atom. The van der Waals surface area contributed by atoms with E-state index >= 15 is 0 Å². The minimum atomic E-state index is -2.69. The van der Waals surface area contributed by atoms with Gasteiger partial charge in [-0.15, -0.1) is 0 Å². The minimum Gasteiger partial charge on any atom is -0.301 e. The van der Waals surface area contributed by atoms with Gasteiger partial charge in [-0.1, -0.05) is 37.2 Å². The fourth-order valence-electron chi connectivity index (χ4n) is 2.70. The number of hydrogen-bond donors (Lipinski definition) is 1. The Balaban J connectivity index is 1.96. The van der Waals surface area contributed by atoms with E-state index < -0.39 is 11.8 Å². The second-order valence-electron chi connectivity index (χ2n) is 5.66. The first-order chi connectivity index (χ1) is 12.0. The first kappa shape index (κ1) is 17.6. The van der Waals surface area contributed by atoms with E-state index in [0.717, 1.165) is 11.0 Å². The van der Waals surface area contributed by atoms with E-state index in [0.29, 0.717) is 28.3 Å². The predicted molar refractivity (Wildman–Crippen MR) is 94.1 cm³/mol. The molecule has 0 bridgehead atoms. The third-order valence-corrected chi connectivity index (χ3v) is 4.73. The van der Waals surface area contributed by atoms with Crippen molar-refractivity contribution in [2.24, 2.45) is 0 Å². The Kier molecular flexibility index (Phi) is 5.17. The van der Waals surface area contributed by atoms with Crippen molar-refractivity contribution in [3.8, 4) is 0 Å². The zero-order chi connectivity index (χ0) is 18.0. The van der Waals surface area contributed by atoms with E-state index in [-0.39, 0.29) is 11.4 Å². The number of benzene rings is 1. The molecule has 1 N–H and O–H groups in total. The molecule has 0 amide bonds. The van der Waals surface area contributed by atoms with Crippen LogP contribution in [0.3, 0.4) is 0 Å². The van der Waals surface area contributed by atoms with Crippen molar-refractivity contribution in [1.82, 2.24) is 19.5 Å². The lowest BCUT2D eigenvalue weighted by molar-refractivity contribution is 0.0715. The molecule has 132 valence electrons. The molecule has 0 aliphatic carbocycles. The molecule has 3 rings (SSSR count). The molecule has 1 unspecified atom stereocenters. The van der Waals surface area contributed by atoms with Crippen LogP contribution in [0.25, 0.3) is 11.0 Å². The van der Waals surface area contributed by atoms with Crippen molar-refractivity contribution in [2.75, 3.05) is 0 Å². The molecule has 0 aliphatic heterocycles. The van der Waals surface area contributed by atoms with E-state index in [4.69, 9.17) is 0 Å². The van der Waals surface area contributed by atoms with Gasteiger partial charge in [0.2, 0.25) is 0 Å². The van der Waals surface area contributed by atoms with E-state index in [9.17, 15) is 13.6 Å². The number of para-hydroxylation sites is 2. The Morgan fingerprint density at radius 2 is 2.04 bits per heavy atom. The van der Waals surface area contributed by atoms with Gasteiger partial charge in [0.15, 0.2) is 5.16 Å². The first-order valence-electron chi connectivity index (χ1n) is 8.01. The molecule has 0 fully saturated rings. The van der Waals surface area contributed by atoms with Gasteiger partial charge in [0.1, 0.15) is 5.82 Å². The second kappa shape index (κ2) is 7.35. The van der Waals surface area contributed by atoms with Crippen molar-refractivity contribution >= 4 is 22.8 Å². The van der Waals surface area contributed by atoms with Crippen LogP contribution in [0, 0.1) is 0 Å². The number of fused-ring (bicyclic) bond motifs is 1. The highest BCUT2D eigenvalue weighted by molar-refractivity contribution is 7.99. The van der Waals surface area contributed by atoms with E-state index in [2.05, 4.69) is 15.0 Å². The SMILES string of the molecule is CCCc1cc(=O)[nH]c(SC(C)c2nc3ccccc3n2C(F)F)n1. The smallest absolute Gasteiger partial charge is 0.301 e. The number of thioether (sulfide) groups is 1. The highest BCUT2D eigenvalue weighted by Gasteiger charge is 2.23. The summed E-state index contributed by atoms with van der Waals surface area (Å²) in [7, 11) is 0. The van der Waals surface area contributed by atoms with Gasteiger partial charge in [-0.3, -0.25) is 9.36 Å². The number of aromatic amines is 1. The molecule has 25 heavy (non-hydrogen) atoms. The molecular weight excluding hydrogens is 346 g/mol. The average Bonchev–Trinajstić information content (AvgIpc) is 2.94. The summed E-state index contributed by atoms with van der Waals surface area (Å²) >= 11 is 1.21. The second-order valence-corrected chi connectivity index (χ2v) is 6.99. The van der Waals surface area contributed by atoms with Crippen LogP contribution in [0.4, 0.5) is 8.78 Å². The quantitative estimate of drug-likeness (QED) is 0.523. The number of imidazole rings is 1. The molecule has 0 radical (unpaired) electrons. The van der Waals surface area contributed by atoms with Crippen LogP contribution in [0.1, 0.15) is 43.6 Å². The molecule has 0 aliphatic rings. The van der Waals surface area contributed by atoms with Crippen molar-refractivity contribution in [3.63, 3.8) is 0 Å². The maximum absolute atomic E-state index is 13.6. The number of nitrogens with one attached hydrogen (secondary N) is 1. The highest BCUT2D eigenvalue weighted by Crippen LogP contribution is 2.35. The standard InChI is InChI=1S/C17H18F2N4OS/c1-3-6-11-9-14(24)22-17(20-11)25-10(2)15-21-12-7-4-5-8-13(12)23(15)16(18)19/h4-5,7-10,16H,3,6H2,1-2H3,(H,20,22,24). The van der Waals surface area contributed by atoms with Crippen molar-refractivity contribution in [3.05, 3.63) is 52.2 Å². The lowest BCUT2D eigenvalue weighted by Gasteiger charge is -2.13. The van der Waals surface area contributed by atoms with Crippen LogP contribution in [0.5, 0.6) is 0 Å². The van der Waals surface area contributed by atoms with E-state index in [1.807, 2.05) is 6.92 Å². The number of rotatable bonds is 6. The molecule has 2 aromatic heterocycles. The molecule has 0 saturated carbocycles. The molecule has 5 nitrogen and oxygen atoms in total. The van der Waals surface area contributed by atoms with Crippen LogP contribution >= 0.6 is 11.8 Å². The lowest BCUT2D eigenvalue weighted by Crippen LogP contribution is -2.11. The van der Waals surface area contributed by atoms with Gasteiger partial charge in [-0.25, -0.2) is 9.97 Å². The molecule has 1 atom stereocenters. The number of halogens is 2. The highest BCUT2D eigenvalue weighted by atomic mass is 32.2. The predicted octanol–water partition coefficient (Wildman–Crippen LogP) is 4.32. The summed E-state index contributed by atoms with van der Waals surface area (Å²) < 4.78 is 28.0. The summed E-state index contributed by atoms with van der Waals surface area (Å²) in [5.41, 5.74) is 1.37. The fraction of sp³-hybridized carbons (Fsp3) is 0.353. The van der Waals surface area contributed by atoms with Crippen LogP contribution < -0.4 is 5.56 Å². The zero-order valence-electron chi connectivity index (χ0n) is 13.9. The van der Waals surface area contributed by atoms with E-state index in [1.165, 1.54) is 17.8 Å². The van der Waals surface area contributed by atoms with Crippen LogP contribution in [-0.4, -0.2) is 19.5 Å². The lowest BCUT2D eigenvalue weighted by atomic mass is 10.2. The number of aromatic nitrogens is 4. The van der Waals surface area contributed by atoms with Crippen molar-refractivity contribution < 1.29 is 8.78 Å². The fourth-order valence-corrected chi connectivity index (χ4v) is 3.63. The summed E-state index contributed by atoms with van der Waals surface area (Å²) in [5, 5.41) is 0.0118. The summed E-state index contributed by atoms with van der Waals surface area (Å²) in [6.45, 7) is 1.09. The van der Waals surface area contributed by atoms with Crippen molar-refractivity contribution in [2.45, 2.75) is 43.6 Å². The third kappa shape index (κ3) is 3.73. The normalized spacial score (nSPS) is 12.8. The zero-order valence-corrected chi connectivity index (χ0v) is 14.7. The third-order valence-electron chi connectivity index (χ3n) is 3.75. The number of alkyl halides is 2. The number of nitrogens with zero attached hydrogens (tertiary/aromatic N) is 3. The molecule has 3 aromatic rings. The molecule has 8 heteroatoms. The topological polar surface area (TPSA) is 63.6 Å². The maximum Gasteiger partial charge on any atom is 0.320 e.